The number of aryl methyl sites for hydroxylation is 1. The zero-order valence-electron chi connectivity index (χ0n) is 22.0. The zero-order chi connectivity index (χ0) is 28.6. The molecule has 0 radical (unpaired) electrons. The van der Waals surface area contributed by atoms with Crippen molar-refractivity contribution in [2.75, 3.05) is 13.2 Å². The van der Waals surface area contributed by atoms with Crippen molar-refractivity contribution in [1.29, 1.82) is 0 Å². The Morgan fingerprint density at radius 3 is 2.44 bits per heavy atom. The standard InChI is InChI=1S/C27H33F2NO8S/c1-17-7-10-22(11-8-17)39(33,34)36-16-21(38-26-6-4-5-13-35-26)15-25(30-18(2)31)27(37-19(3)32)23-14-20(28)9-12-24(23)29/h7-12,14,21,25-27H,4-6,13,15-16H2,1-3H3,(H,30,31)/t21-,25-,26?,27+/m0/s1. The molecule has 2 aromatic rings. The van der Waals surface area contributed by atoms with Crippen LogP contribution in [-0.2, 0) is 38.1 Å². The first kappa shape index (κ1) is 30.6. The van der Waals surface area contributed by atoms with Gasteiger partial charge < -0.3 is 19.5 Å². The van der Waals surface area contributed by atoms with Gasteiger partial charge in [-0.1, -0.05) is 17.7 Å². The second-order valence-corrected chi connectivity index (χ2v) is 11.0. The van der Waals surface area contributed by atoms with E-state index < -0.39 is 64.8 Å². The van der Waals surface area contributed by atoms with Crippen LogP contribution in [0.2, 0.25) is 0 Å². The minimum Gasteiger partial charge on any atom is -0.455 e. The highest BCUT2D eigenvalue weighted by atomic mass is 32.2. The molecule has 1 heterocycles. The molecule has 1 aliphatic rings. The van der Waals surface area contributed by atoms with Gasteiger partial charge in [0.1, 0.15) is 17.7 Å². The quantitative estimate of drug-likeness (QED) is 0.300. The Labute approximate surface area is 226 Å². The van der Waals surface area contributed by atoms with E-state index in [9.17, 15) is 26.8 Å². The molecule has 12 heteroatoms. The summed E-state index contributed by atoms with van der Waals surface area (Å²) in [4.78, 5) is 24.0. The molecule has 1 aliphatic heterocycles. The van der Waals surface area contributed by atoms with E-state index in [-0.39, 0.29) is 16.9 Å². The van der Waals surface area contributed by atoms with Gasteiger partial charge in [0.05, 0.1) is 23.6 Å². The Morgan fingerprint density at radius 1 is 1.10 bits per heavy atom. The Balaban J connectivity index is 1.91. The summed E-state index contributed by atoms with van der Waals surface area (Å²) < 4.78 is 76.8. The average molecular weight is 570 g/mol. The van der Waals surface area contributed by atoms with Crippen molar-refractivity contribution < 1.29 is 45.2 Å². The number of halogens is 2. The summed E-state index contributed by atoms with van der Waals surface area (Å²) in [7, 11) is -4.18. The summed E-state index contributed by atoms with van der Waals surface area (Å²) in [5, 5.41) is 2.60. The van der Waals surface area contributed by atoms with E-state index in [0.717, 1.165) is 43.5 Å². The van der Waals surface area contributed by atoms with Gasteiger partial charge in [0.25, 0.3) is 10.1 Å². The van der Waals surface area contributed by atoms with Crippen LogP contribution in [0.3, 0.4) is 0 Å². The third-order valence-corrected chi connectivity index (χ3v) is 7.33. The normalized spacial score (nSPS) is 18.1. The molecule has 1 fully saturated rings. The predicted molar refractivity (Wildman–Crippen MR) is 136 cm³/mol. The number of amides is 1. The highest BCUT2D eigenvalue weighted by Crippen LogP contribution is 2.30. The van der Waals surface area contributed by atoms with Crippen molar-refractivity contribution >= 4 is 22.0 Å². The van der Waals surface area contributed by atoms with Crippen LogP contribution < -0.4 is 5.32 Å². The number of carbonyl (C=O) groups is 2. The third-order valence-electron chi connectivity index (χ3n) is 6.03. The molecule has 3 rings (SSSR count). The SMILES string of the molecule is CC(=O)N[C@@H](C[C@@H](COS(=O)(=O)c1ccc(C)cc1)OC1CCCCO1)[C@H](OC(C)=O)c1cc(F)ccc1F. The monoisotopic (exact) mass is 569 g/mol. The van der Waals surface area contributed by atoms with Gasteiger partial charge in [0, 0.05) is 32.4 Å². The number of rotatable bonds is 12. The first-order valence-electron chi connectivity index (χ1n) is 12.6. The first-order chi connectivity index (χ1) is 18.4. The molecule has 1 unspecified atom stereocenters. The minimum atomic E-state index is -4.18. The Kier molecular flexibility index (Phi) is 10.9. The van der Waals surface area contributed by atoms with Gasteiger partial charge in [-0.2, -0.15) is 8.42 Å². The van der Waals surface area contributed by atoms with Crippen LogP contribution in [0.25, 0.3) is 0 Å². The third kappa shape index (κ3) is 9.34. The van der Waals surface area contributed by atoms with Crippen molar-refractivity contribution in [2.24, 2.45) is 0 Å². The van der Waals surface area contributed by atoms with Crippen LogP contribution in [0, 0.1) is 18.6 Å². The lowest BCUT2D eigenvalue weighted by Crippen LogP contribution is -2.44. The number of carbonyl (C=O) groups excluding carboxylic acids is 2. The molecule has 2 aromatic carbocycles. The molecule has 9 nitrogen and oxygen atoms in total. The molecule has 1 amide bonds. The van der Waals surface area contributed by atoms with Gasteiger partial charge in [-0.25, -0.2) is 8.78 Å². The lowest BCUT2D eigenvalue weighted by atomic mass is 9.96. The largest absolute Gasteiger partial charge is 0.455 e. The maximum absolute atomic E-state index is 14.8. The molecule has 0 aliphatic carbocycles. The Morgan fingerprint density at radius 2 is 1.82 bits per heavy atom. The van der Waals surface area contributed by atoms with Gasteiger partial charge in [-0.15, -0.1) is 0 Å². The van der Waals surface area contributed by atoms with Gasteiger partial charge in [-0.05, 0) is 56.5 Å². The van der Waals surface area contributed by atoms with E-state index in [1.807, 2.05) is 6.92 Å². The molecule has 0 saturated carbocycles. The highest BCUT2D eigenvalue weighted by molar-refractivity contribution is 7.86. The van der Waals surface area contributed by atoms with Crippen LogP contribution in [0.15, 0.2) is 47.4 Å². The van der Waals surface area contributed by atoms with Crippen LogP contribution in [0.5, 0.6) is 0 Å². The Bertz CT molecular complexity index is 1230. The molecule has 0 spiro atoms. The lowest BCUT2D eigenvalue weighted by molar-refractivity contribution is -0.197. The van der Waals surface area contributed by atoms with Gasteiger partial charge in [-0.3, -0.25) is 13.8 Å². The fourth-order valence-electron chi connectivity index (χ4n) is 4.21. The maximum Gasteiger partial charge on any atom is 0.303 e. The molecule has 0 aromatic heterocycles. The molecule has 39 heavy (non-hydrogen) atoms. The van der Waals surface area contributed by atoms with E-state index in [0.29, 0.717) is 13.0 Å². The Hall–Kier alpha value is -2.93. The molecule has 1 saturated heterocycles. The smallest absolute Gasteiger partial charge is 0.303 e. The molecule has 0 bridgehead atoms. The summed E-state index contributed by atoms with van der Waals surface area (Å²) in [5.74, 6) is -2.98. The second kappa shape index (κ2) is 13.9. The number of ether oxygens (including phenoxy) is 3. The molecule has 1 N–H and O–H groups in total. The number of nitrogens with one attached hydrogen (secondary N) is 1. The molecular weight excluding hydrogens is 536 g/mol. The van der Waals surface area contributed by atoms with E-state index in [1.165, 1.54) is 19.1 Å². The van der Waals surface area contributed by atoms with E-state index in [2.05, 4.69) is 5.32 Å². The van der Waals surface area contributed by atoms with E-state index in [4.69, 9.17) is 18.4 Å². The van der Waals surface area contributed by atoms with Gasteiger partial charge in [0.2, 0.25) is 5.91 Å². The summed E-state index contributed by atoms with van der Waals surface area (Å²) in [6.45, 7) is 4.08. The molecular formula is C27H33F2NO8S. The number of hydrogen-bond acceptors (Lipinski definition) is 8. The van der Waals surface area contributed by atoms with Crippen LogP contribution in [0.1, 0.15) is 56.8 Å². The summed E-state index contributed by atoms with van der Waals surface area (Å²) >= 11 is 0. The topological polar surface area (TPSA) is 117 Å². The number of benzene rings is 2. The van der Waals surface area contributed by atoms with E-state index in [1.54, 1.807) is 12.1 Å². The van der Waals surface area contributed by atoms with Crippen LogP contribution in [-0.4, -0.2) is 51.9 Å². The average Bonchev–Trinajstić information content (AvgIpc) is 2.87. The van der Waals surface area contributed by atoms with Crippen LogP contribution in [0.4, 0.5) is 8.78 Å². The van der Waals surface area contributed by atoms with Gasteiger partial charge in [0.15, 0.2) is 6.29 Å². The minimum absolute atomic E-state index is 0.0567. The van der Waals surface area contributed by atoms with Crippen LogP contribution >= 0.6 is 0 Å². The first-order valence-corrected chi connectivity index (χ1v) is 14.0. The van der Waals surface area contributed by atoms with Crippen molar-refractivity contribution in [2.45, 2.75) is 75.9 Å². The van der Waals surface area contributed by atoms with Crippen molar-refractivity contribution in [3.05, 3.63) is 65.2 Å². The maximum atomic E-state index is 14.8. The second-order valence-electron chi connectivity index (χ2n) is 9.34. The highest BCUT2D eigenvalue weighted by Gasteiger charge is 2.34. The fraction of sp³-hybridized carbons (Fsp3) is 0.481. The summed E-state index contributed by atoms with van der Waals surface area (Å²) in [5.41, 5.74) is 0.564. The fourth-order valence-corrected chi connectivity index (χ4v) is 5.15. The number of esters is 1. The van der Waals surface area contributed by atoms with Crippen molar-refractivity contribution in [3.63, 3.8) is 0 Å². The van der Waals surface area contributed by atoms with Crippen molar-refractivity contribution in [3.8, 4) is 0 Å². The predicted octanol–water partition coefficient (Wildman–Crippen LogP) is 4.09. The summed E-state index contributed by atoms with van der Waals surface area (Å²) in [6.07, 6.45) is -1.13. The van der Waals surface area contributed by atoms with Crippen molar-refractivity contribution in [1.82, 2.24) is 5.32 Å². The lowest BCUT2D eigenvalue weighted by Gasteiger charge is -2.33. The molecule has 4 atom stereocenters. The number of hydrogen-bond donors (Lipinski definition) is 1. The zero-order valence-corrected chi connectivity index (χ0v) is 22.8. The van der Waals surface area contributed by atoms with E-state index >= 15 is 0 Å². The van der Waals surface area contributed by atoms with Gasteiger partial charge >= 0.3 is 5.97 Å². The summed E-state index contributed by atoms with van der Waals surface area (Å²) in [6, 6.07) is 7.61. The molecule has 214 valence electrons.